The van der Waals surface area contributed by atoms with Crippen molar-refractivity contribution in [2.24, 2.45) is 21.9 Å². The Balaban J connectivity index is 2.13. The number of aryl methyl sites for hydroxylation is 2. The van der Waals surface area contributed by atoms with E-state index in [9.17, 15) is 0 Å². The molecule has 6 heteroatoms. The van der Waals surface area contributed by atoms with E-state index in [1.807, 2.05) is 0 Å². The number of hydrogen-bond acceptors (Lipinski definition) is 6. The van der Waals surface area contributed by atoms with Gasteiger partial charge in [-0.15, -0.1) is 22.7 Å². The third-order valence-electron chi connectivity index (χ3n) is 4.64. The Morgan fingerprint density at radius 1 is 0.625 bits per heavy atom. The summed E-state index contributed by atoms with van der Waals surface area (Å²) in [5.41, 5.74) is 0. The number of hydrogen-bond donors (Lipinski definition) is 2. The Morgan fingerprint density at radius 3 is 1.42 bits per heavy atom. The number of benzene rings is 1. The van der Waals surface area contributed by atoms with Crippen LogP contribution in [0.15, 0.2) is 34.5 Å². The molecule has 4 N–H and O–H groups in total. The molecular weight excluding hydrogens is 336 g/mol. The van der Waals surface area contributed by atoms with Crippen LogP contribution in [0.4, 0.5) is 0 Å². The Bertz CT molecular complexity index is 1280. The number of nitrogens with two attached hydrogens (primary N) is 2. The second-order valence-corrected chi connectivity index (χ2v) is 8.61. The summed E-state index contributed by atoms with van der Waals surface area (Å²) < 4.78 is 2.47. The molecule has 2 heterocycles. The van der Waals surface area contributed by atoms with E-state index in [4.69, 9.17) is 11.7 Å². The fraction of sp³-hybridized carbons (Fsp3) is 0.111. The molecule has 3 aromatic carbocycles. The Kier molecular flexibility index (Phi) is 2.65. The Labute approximate surface area is 145 Å². The van der Waals surface area contributed by atoms with E-state index >= 15 is 0 Å². The summed E-state index contributed by atoms with van der Waals surface area (Å²) in [6, 6.07) is 8.72. The van der Waals surface area contributed by atoms with Crippen LogP contribution >= 0.6 is 22.7 Å². The van der Waals surface area contributed by atoms with Gasteiger partial charge in [-0.25, -0.2) is 0 Å². The highest BCUT2D eigenvalue weighted by Crippen LogP contribution is 2.37. The van der Waals surface area contributed by atoms with Crippen molar-refractivity contribution >= 4 is 64.4 Å². The largest absolute Gasteiger partial charge is 0.323 e. The lowest BCUT2D eigenvalue weighted by atomic mass is 10.1. The molecule has 0 bridgehead atoms. The number of fused-ring (bicyclic) bond motifs is 6. The van der Waals surface area contributed by atoms with Crippen molar-refractivity contribution in [1.82, 2.24) is 0 Å². The minimum atomic E-state index is 0.875. The number of nitrogens with zero attached hydrogens (tertiary/aromatic N) is 2. The third-order valence-corrected chi connectivity index (χ3v) is 6.80. The van der Waals surface area contributed by atoms with E-state index < -0.39 is 0 Å². The molecule has 0 aliphatic rings. The van der Waals surface area contributed by atoms with Gasteiger partial charge in [0.25, 0.3) is 0 Å². The molecule has 0 atom stereocenters. The average Bonchev–Trinajstić information content (AvgIpc) is 3.24. The molecule has 5 aromatic rings. The van der Waals surface area contributed by atoms with Crippen molar-refractivity contribution in [2.45, 2.75) is 13.8 Å². The zero-order chi connectivity index (χ0) is 16.6. The first kappa shape index (κ1) is 13.9. The van der Waals surface area contributed by atoms with Gasteiger partial charge in [0.15, 0.2) is 0 Å². The van der Waals surface area contributed by atoms with Crippen LogP contribution in [-0.2, 0) is 0 Å². The highest BCUT2D eigenvalue weighted by atomic mass is 32.1. The zero-order valence-electron chi connectivity index (χ0n) is 13.2. The SMILES string of the molecule is Cc1cc2/c(=N\N)c3cc4c(cc3c2s1)/c(=N/N)c1cc(C)sc14. The van der Waals surface area contributed by atoms with Gasteiger partial charge in [-0.05, 0) is 38.1 Å². The van der Waals surface area contributed by atoms with Crippen molar-refractivity contribution in [3.8, 4) is 0 Å². The predicted molar refractivity (Wildman–Crippen MR) is 104 cm³/mol. The lowest BCUT2D eigenvalue weighted by molar-refractivity contribution is 1.17. The van der Waals surface area contributed by atoms with Gasteiger partial charge in [0.2, 0.25) is 0 Å². The molecule has 0 aliphatic heterocycles. The van der Waals surface area contributed by atoms with E-state index in [1.165, 1.54) is 29.9 Å². The van der Waals surface area contributed by atoms with Crippen molar-refractivity contribution < 1.29 is 0 Å². The van der Waals surface area contributed by atoms with Gasteiger partial charge in [0.05, 0.1) is 10.7 Å². The second-order valence-electron chi connectivity index (χ2n) is 6.10. The topological polar surface area (TPSA) is 76.8 Å². The van der Waals surface area contributed by atoms with E-state index in [0.717, 1.165) is 32.3 Å². The first-order valence-corrected chi connectivity index (χ1v) is 9.22. The molecule has 0 saturated heterocycles. The van der Waals surface area contributed by atoms with E-state index in [-0.39, 0.29) is 0 Å². The molecule has 0 fully saturated rings. The summed E-state index contributed by atoms with van der Waals surface area (Å²) in [6.45, 7) is 4.22. The van der Waals surface area contributed by atoms with Gasteiger partial charge in [-0.1, -0.05) is 0 Å². The maximum absolute atomic E-state index is 5.72. The van der Waals surface area contributed by atoms with Crippen LogP contribution in [0.25, 0.3) is 41.7 Å². The molecule has 5 rings (SSSR count). The van der Waals surface area contributed by atoms with Gasteiger partial charge < -0.3 is 11.7 Å². The molecular formula is C18H14N4S2. The van der Waals surface area contributed by atoms with E-state index in [1.54, 1.807) is 22.7 Å². The van der Waals surface area contributed by atoms with Gasteiger partial charge in [0.1, 0.15) is 0 Å². The van der Waals surface area contributed by atoms with E-state index in [2.05, 4.69) is 48.3 Å². The minimum Gasteiger partial charge on any atom is -0.323 e. The van der Waals surface area contributed by atoms with Gasteiger partial charge in [-0.2, -0.15) is 10.2 Å². The van der Waals surface area contributed by atoms with Crippen molar-refractivity contribution in [3.63, 3.8) is 0 Å². The maximum Gasteiger partial charge on any atom is 0.0992 e. The molecule has 0 aliphatic carbocycles. The summed E-state index contributed by atoms with van der Waals surface area (Å²) in [5, 5.41) is 16.7. The van der Waals surface area contributed by atoms with Crippen LogP contribution in [0.1, 0.15) is 9.75 Å². The summed E-state index contributed by atoms with van der Waals surface area (Å²) in [4.78, 5) is 2.52. The molecule has 0 radical (unpaired) electrons. The fourth-order valence-corrected chi connectivity index (χ4v) is 5.80. The molecule has 0 saturated carbocycles. The highest BCUT2D eigenvalue weighted by Gasteiger charge is 2.17. The van der Waals surface area contributed by atoms with Crippen molar-refractivity contribution in [3.05, 3.63) is 44.7 Å². The zero-order valence-corrected chi connectivity index (χ0v) is 14.8. The van der Waals surface area contributed by atoms with Gasteiger partial charge in [0, 0.05) is 51.5 Å². The lowest BCUT2D eigenvalue weighted by Crippen LogP contribution is -2.04. The fourth-order valence-electron chi connectivity index (χ4n) is 3.72. The average molecular weight is 350 g/mol. The summed E-state index contributed by atoms with van der Waals surface area (Å²) >= 11 is 3.55. The number of thiophene rings is 2. The summed E-state index contributed by atoms with van der Waals surface area (Å²) in [5.74, 6) is 11.4. The molecule has 118 valence electrons. The van der Waals surface area contributed by atoms with Gasteiger partial charge in [-0.3, -0.25) is 0 Å². The number of rotatable bonds is 0. The summed E-state index contributed by atoms with van der Waals surface area (Å²) in [7, 11) is 0. The van der Waals surface area contributed by atoms with Gasteiger partial charge >= 0.3 is 0 Å². The quantitative estimate of drug-likeness (QED) is 0.331. The Hall–Kier alpha value is -2.44. The summed E-state index contributed by atoms with van der Waals surface area (Å²) in [6.07, 6.45) is 0. The van der Waals surface area contributed by atoms with Crippen LogP contribution in [0.3, 0.4) is 0 Å². The highest BCUT2D eigenvalue weighted by molar-refractivity contribution is 7.20. The predicted octanol–water partition coefficient (Wildman–Crippen LogP) is 3.46. The van der Waals surface area contributed by atoms with Crippen LogP contribution in [0.2, 0.25) is 0 Å². The standard InChI is InChI=1S/C18H14N4S2/c1-7-3-13-15(21-19)9-6-12-10(5-11(9)17(13)23-7)16(22-20)14-4-8(2)24-18(12)14/h3-6H,19-20H2,1-2H3/b21-15-,22-16-. The second kappa shape index (κ2) is 4.55. The molecule has 4 nitrogen and oxygen atoms in total. The normalized spacial score (nSPS) is 14.2. The molecule has 0 unspecified atom stereocenters. The Morgan fingerprint density at radius 2 is 1.04 bits per heavy atom. The van der Waals surface area contributed by atoms with Crippen LogP contribution in [-0.4, -0.2) is 0 Å². The van der Waals surface area contributed by atoms with Crippen LogP contribution in [0, 0.1) is 13.8 Å². The molecule has 0 amide bonds. The molecule has 2 aromatic heterocycles. The molecule has 24 heavy (non-hydrogen) atoms. The first-order valence-electron chi connectivity index (χ1n) is 7.59. The smallest absolute Gasteiger partial charge is 0.0992 e. The van der Waals surface area contributed by atoms with Crippen LogP contribution < -0.4 is 22.4 Å². The minimum absolute atomic E-state index is 0.875. The monoisotopic (exact) mass is 350 g/mol. The third kappa shape index (κ3) is 1.57. The first-order chi connectivity index (χ1) is 11.6. The van der Waals surface area contributed by atoms with E-state index in [0.29, 0.717) is 0 Å². The maximum atomic E-state index is 5.72. The van der Waals surface area contributed by atoms with Crippen LogP contribution in [0.5, 0.6) is 0 Å². The van der Waals surface area contributed by atoms with Crippen molar-refractivity contribution in [2.75, 3.05) is 0 Å². The molecule has 0 spiro atoms. The van der Waals surface area contributed by atoms with Crippen molar-refractivity contribution in [1.29, 1.82) is 0 Å². The lowest BCUT2D eigenvalue weighted by Gasteiger charge is -1.95.